The van der Waals surface area contributed by atoms with Gasteiger partial charge < -0.3 is 74.0 Å². The Bertz CT molecular complexity index is 5560. The fraction of sp³-hybridized carbons (Fsp3) is 0.548. The first-order chi connectivity index (χ1) is 63.7. The Kier molecular flexibility index (Phi) is 30.3. The number of carbonyl (C=O) groups excluding carboxylic acids is 6. The molecule has 9 aromatic rings. The maximum Gasteiger partial charge on any atom is 0.326 e. The lowest BCUT2D eigenvalue weighted by molar-refractivity contribution is -0.136. The number of carbonyl (C=O) groups is 6. The Morgan fingerprint density at radius 2 is 0.684 bits per heavy atom. The minimum absolute atomic E-state index is 0. The van der Waals surface area contributed by atoms with Gasteiger partial charge in [-0.2, -0.15) is 0 Å². The number of rotatable bonds is 21. The van der Waals surface area contributed by atoms with Crippen molar-refractivity contribution in [1.82, 2.24) is 63.3 Å². The third-order valence-electron chi connectivity index (χ3n) is 28.6. The summed E-state index contributed by atoms with van der Waals surface area (Å²) < 4.78 is 3.69. The summed E-state index contributed by atoms with van der Waals surface area (Å²) in [4.78, 5) is 154. The highest BCUT2D eigenvalue weighted by Crippen LogP contribution is 2.52. The Labute approximate surface area is 798 Å². The number of piperazine rings is 2. The maximum absolute atomic E-state index is 14.0. The van der Waals surface area contributed by atoms with Gasteiger partial charge >= 0.3 is 11.4 Å². The van der Waals surface area contributed by atoms with Crippen molar-refractivity contribution in [2.24, 2.45) is 16.2 Å². The van der Waals surface area contributed by atoms with Gasteiger partial charge in [-0.15, -0.1) is 35.3 Å². The van der Waals surface area contributed by atoms with Crippen LogP contribution in [0.3, 0.4) is 0 Å². The van der Waals surface area contributed by atoms with Gasteiger partial charge in [-0.1, -0.05) is 159 Å². The molecule has 9 aliphatic heterocycles. The number of hydrogen-bond donors (Lipinski definition) is 4. The van der Waals surface area contributed by atoms with E-state index in [1.165, 1.54) is 22.5 Å². The fourth-order valence-electron chi connectivity index (χ4n) is 20.5. The Hall–Kier alpha value is -9.78. The van der Waals surface area contributed by atoms with Crippen molar-refractivity contribution < 1.29 is 36.7 Å². The molecule has 18 rings (SSSR count). The number of nitrogens with zero attached hydrogens (tertiary/aromatic N) is 13. The van der Waals surface area contributed by atoms with E-state index < -0.39 is 15.7 Å². The second-order valence-electron chi connectivity index (χ2n) is 41.7. The number of piperidine rings is 4. The van der Waals surface area contributed by atoms with Crippen molar-refractivity contribution in [3.05, 3.63) is 205 Å². The third kappa shape index (κ3) is 22.8. The summed E-state index contributed by atoms with van der Waals surface area (Å²) in [6.45, 7) is 34.8. The maximum atomic E-state index is 14.0. The fourth-order valence-corrected chi connectivity index (χ4v) is 25.0. The molecule has 9 fully saturated rings. The van der Waals surface area contributed by atoms with Crippen molar-refractivity contribution in [3.63, 3.8) is 0 Å². The highest BCUT2D eigenvalue weighted by Gasteiger charge is 2.48. The first kappa shape index (κ1) is 96.3. The molecule has 4 N–H and O–H groups in total. The largest absolute Gasteiger partial charge is 0.393 e. The normalized spacial score (nSPS) is 22.3. The first-order valence-electron chi connectivity index (χ1n) is 48.5. The van der Waals surface area contributed by atoms with Gasteiger partial charge in [-0.05, 0) is 167 Å². The molecule has 0 radical (unpaired) electrons. The molecule has 6 atom stereocenters. The zero-order chi connectivity index (χ0) is 93.7. The van der Waals surface area contributed by atoms with Gasteiger partial charge in [-0.25, -0.2) is 9.59 Å². The highest BCUT2D eigenvalue weighted by atomic mass is 32.2. The summed E-state index contributed by atoms with van der Waals surface area (Å²) in [5.41, 5.74) is 12.1. The lowest BCUT2D eigenvalue weighted by atomic mass is 9.89. The van der Waals surface area contributed by atoms with Crippen molar-refractivity contribution in [3.8, 4) is 0 Å². The second-order valence-corrected chi connectivity index (χ2v) is 45.6. The number of nitrogens with one attached hydrogen (secondary N) is 3. The van der Waals surface area contributed by atoms with Gasteiger partial charge in [0.25, 0.3) is 5.56 Å². The number of likely N-dealkylation sites (N-methyl/N-ethyl adjacent to an activating group) is 2. The van der Waals surface area contributed by atoms with Gasteiger partial charge in [-0.3, -0.25) is 42.7 Å². The summed E-state index contributed by atoms with van der Waals surface area (Å²) >= 11 is 4.90. The third-order valence-corrected chi connectivity index (χ3v) is 33.0. The molecule has 0 saturated carbocycles. The minimum atomic E-state index is -0.433. The van der Waals surface area contributed by atoms with E-state index >= 15 is 0 Å². The number of aromatic amines is 3. The SMILES string of the molecule is CC(C)(C)CCN1C(=O)C(CC(=O)N2CCC(n3c(=O)[nH]c4ccccc43)CC2)S[C@H]1c1ccccc1N1CCC(O)CC1.CN1CCN(c2ccccc2C2SC(CC(=O)N3CCC(c4cc5ccccc5[nH]c4=O)CC3)C(=O)N2CCC(C)(C)C)CC1.CN1CCN(c2ccccc2C2SC(CC(=O)N3CCC(n4c(=O)[nH]c5ccccc54)CC3)C(=O)N2CCC(C)(C)C)CC1.[HH].[HH]. The number of fused-ring (bicyclic) bond motifs is 3. The Morgan fingerprint density at radius 1 is 0.368 bits per heavy atom. The number of aliphatic hydroxyl groups excluding tert-OH is 1. The van der Waals surface area contributed by atoms with Crippen LogP contribution in [-0.4, -0.2) is 264 Å². The van der Waals surface area contributed by atoms with Crippen LogP contribution in [0, 0.1) is 16.2 Å². The van der Waals surface area contributed by atoms with Crippen molar-refractivity contribution in [2.45, 2.75) is 208 Å². The van der Waals surface area contributed by atoms with Gasteiger partial charge in [0.05, 0.1) is 43.9 Å². The topological polar surface area (TPSA) is 267 Å². The first-order valence-corrected chi connectivity index (χ1v) is 51.4. The number of hydrogen-bond acceptors (Lipinski definition) is 18. The molecule has 6 amide bonds. The van der Waals surface area contributed by atoms with E-state index in [1.807, 2.05) is 130 Å². The molecule has 5 unspecified atom stereocenters. The standard InChI is InChI=1S/C36H47N5O3S.C34H46N6O3S.C34H45N5O4S.2H2/c1-36(2,3)15-18-41-34(44)31(45-35(41)27-10-6-8-12-30(27)39-21-19-38(4)20-22-39)24-32(42)40-16-13-25(14-17-40)28-23-26-9-5-7-11-29(26)37-33(28)43;1-34(2,3)15-18-39-31(42)29(44-32(39)25-9-5-7-11-27(25)37-21-19-36(4)20-22-37)23-30(41)38-16-13-24(14-17-38)40-28-12-8-6-10-26(28)35-33(40)43;1-34(2,3)16-21-38-31(42)29(44-32(38)25-8-4-6-10-27(25)36-19-14-24(40)15-20-36)22-30(41)37-17-12-23(13-18-37)39-28-11-7-5-9-26(28)35-33(39)43;;/h5-12,23,25,31,35H,13-22,24H2,1-4H3,(H,37,43);5-12,24,29,32H,13-23H2,1-4H3,(H,35,43);4-11,23-24,29,32,40H,12-22H2,1-3H3,(H,35,43);2*1H/t;;29?,32-;;/m..0../s1. The number of thioether (sulfide) groups is 3. The number of anilines is 3. The number of likely N-dealkylation sites (tertiary alicyclic amines) is 3. The number of aromatic nitrogens is 5. The summed E-state index contributed by atoms with van der Waals surface area (Å²) in [7, 11) is 4.32. The lowest BCUT2D eigenvalue weighted by Crippen LogP contribution is -2.45. The zero-order valence-electron chi connectivity index (χ0n) is 79.7. The molecular formula is C104H142N16O10S3. The van der Waals surface area contributed by atoms with Gasteiger partial charge in [0, 0.05) is 203 Å². The number of pyridine rings is 1. The van der Waals surface area contributed by atoms with Gasteiger partial charge in [0.1, 0.15) is 16.1 Å². The molecule has 9 aliphatic rings. The van der Waals surface area contributed by atoms with Crippen LogP contribution in [0.5, 0.6) is 0 Å². The molecule has 0 spiro atoms. The molecule has 9 saturated heterocycles. The Morgan fingerprint density at radius 3 is 1.05 bits per heavy atom. The predicted octanol–water partition coefficient (Wildman–Crippen LogP) is 15.6. The molecule has 3 aromatic heterocycles. The van der Waals surface area contributed by atoms with E-state index in [1.54, 1.807) is 35.3 Å². The number of benzene rings is 6. The summed E-state index contributed by atoms with van der Waals surface area (Å²) in [5.74, 6) is 0.393. The smallest absolute Gasteiger partial charge is 0.326 e. The number of aliphatic hydroxyl groups is 1. The van der Waals surface area contributed by atoms with E-state index in [-0.39, 0.29) is 131 Å². The zero-order valence-corrected chi connectivity index (χ0v) is 82.2. The van der Waals surface area contributed by atoms with Gasteiger partial charge in [0.15, 0.2) is 0 Å². The summed E-state index contributed by atoms with van der Waals surface area (Å²) in [6, 6.07) is 50.8. The molecular weight excluding hydrogens is 1730 g/mol. The number of H-pyrrole nitrogens is 3. The van der Waals surface area contributed by atoms with Crippen molar-refractivity contribution in [1.29, 1.82) is 0 Å². The molecule has 26 nitrogen and oxygen atoms in total. The van der Waals surface area contributed by atoms with Crippen LogP contribution in [0.2, 0.25) is 0 Å². The average molecular weight is 1870 g/mol. The average Bonchev–Trinajstić information content (AvgIpc) is 1.71. The minimum Gasteiger partial charge on any atom is -0.393 e. The van der Waals surface area contributed by atoms with E-state index in [0.29, 0.717) is 71.7 Å². The molecule has 0 bridgehead atoms. The quantitative estimate of drug-likeness (QED) is 0.0521. The van der Waals surface area contributed by atoms with Crippen LogP contribution in [0.15, 0.2) is 166 Å². The molecule has 29 heteroatoms. The van der Waals surface area contributed by atoms with Crippen LogP contribution < -0.4 is 31.6 Å². The summed E-state index contributed by atoms with van der Waals surface area (Å²) in [5, 5.41) is 9.49. The predicted molar refractivity (Wildman–Crippen MR) is 542 cm³/mol. The molecule has 0 aliphatic carbocycles. The van der Waals surface area contributed by atoms with Crippen molar-refractivity contribution in [2.75, 3.05) is 153 Å². The molecule has 12 heterocycles. The molecule has 716 valence electrons. The van der Waals surface area contributed by atoms with E-state index in [4.69, 9.17) is 0 Å². The van der Waals surface area contributed by atoms with Crippen LogP contribution in [-0.2, 0) is 28.8 Å². The van der Waals surface area contributed by atoms with Crippen LogP contribution in [0.4, 0.5) is 17.1 Å². The highest BCUT2D eigenvalue weighted by molar-refractivity contribution is 8.01. The summed E-state index contributed by atoms with van der Waals surface area (Å²) in [6.07, 6.45) is 8.83. The van der Waals surface area contributed by atoms with E-state index in [0.717, 1.165) is 173 Å². The van der Waals surface area contributed by atoms with E-state index in [2.05, 4.69) is 177 Å². The van der Waals surface area contributed by atoms with Gasteiger partial charge in [0.2, 0.25) is 35.4 Å². The molecule has 6 aromatic carbocycles. The van der Waals surface area contributed by atoms with Crippen molar-refractivity contribution >= 4 is 121 Å². The Balaban J connectivity index is 0.000000161. The van der Waals surface area contributed by atoms with Crippen LogP contribution in [0.25, 0.3) is 33.0 Å². The second kappa shape index (κ2) is 41.8. The number of amides is 6. The lowest BCUT2D eigenvalue weighted by Gasteiger charge is -2.37. The number of imidazole rings is 2. The monoisotopic (exact) mass is 1870 g/mol. The number of para-hydroxylation sites is 8. The van der Waals surface area contributed by atoms with Crippen LogP contribution in [0.1, 0.15) is 211 Å². The van der Waals surface area contributed by atoms with Crippen LogP contribution >= 0.6 is 35.3 Å². The van der Waals surface area contributed by atoms with E-state index in [9.17, 15) is 48.3 Å². The molecule has 133 heavy (non-hydrogen) atoms.